The van der Waals surface area contributed by atoms with Gasteiger partial charge in [-0.1, -0.05) is 12.8 Å². The summed E-state index contributed by atoms with van der Waals surface area (Å²) in [4.78, 5) is 26.4. The number of nitrogens with zero attached hydrogens (tertiary/aromatic N) is 1. The Morgan fingerprint density at radius 1 is 1.10 bits per heavy atom. The molecule has 0 spiro atoms. The first-order chi connectivity index (χ1) is 9.66. The van der Waals surface area contributed by atoms with Gasteiger partial charge in [-0.15, -0.1) is 11.3 Å². The second kappa shape index (κ2) is 5.56. The third-order valence-electron chi connectivity index (χ3n) is 4.53. The van der Waals surface area contributed by atoms with Gasteiger partial charge in [-0.05, 0) is 43.7 Å². The van der Waals surface area contributed by atoms with Gasteiger partial charge in [-0.2, -0.15) is 0 Å². The van der Waals surface area contributed by atoms with Crippen LogP contribution in [-0.4, -0.2) is 34.5 Å². The van der Waals surface area contributed by atoms with Crippen molar-refractivity contribution in [3.05, 3.63) is 21.9 Å². The molecule has 0 bridgehead atoms. The number of thiophene rings is 1. The van der Waals surface area contributed by atoms with Gasteiger partial charge in [0.25, 0.3) is 5.91 Å². The van der Waals surface area contributed by atoms with E-state index in [9.17, 15) is 9.59 Å². The molecule has 1 saturated carbocycles. The van der Waals surface area contributed by atoms with Crippen molar-refractivity contribution in [2.45, 2.75) is 44.6 Å². The number of carbonyl (C=O) groups is 2. The Labute approximate surface area is 122 Å². The largest absolute Gasteiger partial charge is 0.477 e. The molecule has 1 aromatic heterocycles. The number of fused-ring (bicyclic) bond motifs is 1. The fourth-order valence-electron chi connectivity index (χ4n) is 3.59. The zero-order chi connectivity index (χ0) is 14.1. The minimum Gasteiger partial charge on any atom is -0.477 e. The molecule has 4 nitrogen and oxygen atoms in total. The topological polar surface area (TPSA) is 57.6 Å². The Kier molecular flexibility index (Phi) is 3.78. The lowest BCUT2D eigenvalue weighted by Crippen LogP contribution is -2.49. The molecule has 2 heterocycles. The van der Waals surface area contributed by atoms with Crippen molar-refractivity contribution in [1.82, 2.24) is 4.90 Å². The maximum Gasteiger partial charge on any atom is 0.345 e. The highest BCUT2D eigenvalue weighted by molar-refractivity contribution is 7.15. The maximum absolute atomic E-state index is 12.6. The summed E-state index contributed by atoms with van der Waals surface area (Å²) >= 11 is 1.09. The SMILES string of the molecule is O=C(O)c1ccc(C(=O)N2CCC[C@H]3CCCC[C@@H]32)s1. The standard InChI is InChI=1S/C15H19NO3S/c17-14(12-7-8-13(20-12)15(18)19)16-9-3-5-10-4-1-2-6-11(10)16/h7-8,10-11H,1-6,9H2,(H,18,19)/t10-,11+/m1/s1. The first-order valence-corrected chi connectivity index (χ1v) is 8.12. The van der Waals surface area contributed by atoms with Crippen LogP contribution in [0.2, 0.25) is 0 Å². The van der Waals surface area contributed by atoms with Crippen molar-refractivity contribution >= 4 is 23.2 Å². The molecule has 2 aliphatic rings. The van der Waals surface area contributed by atoms with E-state index in [-0.39, 0.29) is 10.8 Å². The average molecular weight is 293 g/mol. The van der Waals surface area contributed by atoms with E-state index in [4.69, 9.17) is 5.11 Å². The minimum absolute atomic E-state index is 0.0269. The highest BCUT2D eigenvalue weighted by Crippen LogP contribution is 2.36. The summed E-state index contributed by atoms with van der Waals surface area (Å²) in [6, 6.07) is 3.56. The summed E-state index contributed by atoms with van der Waals surface area (Å²) in [5, 5.41) is 8.96. The molecule has 1 aromatic rings. The molecule has 1 aliphatic heterocycles. The molecule has 1 saturated heterocycles. The Bertz CT molecular complexity index is 523. The summed E-state index contributed by atoms with van der Waals surface area (Å²) in [7, 11) is 0. The van der Waals surface area contributed by atoms with E-state index in [1.807, 2.05) is 4.90 Å². The maximum atomic E-state index is 12.6. The number of rotatable bonds is 2. The van der Waals surface area contributed by atoms with Gasteiger partial charge >= 0.3 is 5.97 Å². The van der Waals surface area contributed by atoms with Crippen LogP contribution < -0.4 is 0 Å². The molecular formula is C15H19NO3S. The van der Waals surface area contributed by atoms with Crippen molar-refractivity contribution in [3.8, 4) is 0 Å². The van der Waals surface area contributed by atoms with Crippen molar-refractivity contribution < 1.29 is 14.7 Å². The molecule has 0 radical (unpaired) electrons. The van der Waals surface area contributed by atoms with Gasteiger partial charge in [0.1, 0.15) is 4.88 Å². The van der Waals surface area contributed by atoms with Gasteiger partial charge in [0.05, 0.1) is 4.88 Å². The molecule has 0 aromatic carbocycles. The van der Waals surface area contributed by atoms with E-state index in [0.717, 1.165) is 30.7 Å². The van der Waals surface area contributed by atoms with Gasteiger partial charge < -0.3 is 10.0 Å². The molecular weight excluding hydrogens is 274 g/mol. The fraction of sp³-hybridized carbons (Fsp3) is 0.600. The van der Waals surface area contributed by atoms with Crippen molar-refractivity contribution in [2.24, 2.45) is 5.92 Å². The average Bonchev–Trinajstić information content (AvgIpc) is 2.96. The third kappa shape index (κ3) is 2.46. The van der Waals surface area contributed by atoms with E-state index in [1.165, 1.54) is 31.7 Å². The number of aromatic carboxylic acids is 1. The van der Waals surface area contributed by atoms with Crippen molar-refractivity contribution in [3.63, 3.8) is 0 Å². The normalized spacial score (nSPS) is 26.1. The molecule has 2 atom stereocenters. The number of hydrogen-bond acceptors (Lipinski definition) is 3. The van der Waals surface area contributed by atoms with Crippen molar-refractivity contribution in [2.75, 3.05) is 6.54 Å². The molecule has 1 amide bonds. The number of carboxylic acids is 1. The van der Waals surface area contributed by atoms with Crippen LogP contribution in [0.1, 0.15) is 57.9 Å². The predicted octanol–water partition coefficient (Wildman–Crippen LogP) is 3.24. The van der Waals surface area contributed by atoms with Gasteiger partial charge in [0.2, 0.25) is 0 Å². The van der Waals surface area contributed by atoms with E-state index >= 15 is 0 Å². The lowest BCUT2D eigenvalue weighted by atomic mass is 9.78. The van der Waals surface area contributed by atoms with E-state index in [0.29, 0.717) is 16.8 Å². The van der Waals surface area contributed by atoms with E-state index in [1.54, 1.807) is 6.07 Å². The second-order valence-corrected chi connectivity index (χ2v) is 6.81. The predicted molar refractivity (Wildman–Crippen MR) is 77.3 cm³/mol. The summed E-state index contributed by atoms with van der Waals surface area (Å²) in [6.07, 6.45) is 7.14. The summed E-state index contributed by atoms with van der Waals surface area (Å²) in [5.41, 5.74) is 0. The Morgan fingerprint density at radius 3 is 2.55 bits per heavy atom. The van der Waals surface area contributed by atoms with Crippen LogP contribution in [0.5, 0.6) is 0 Å². The lowest BCUT2D eigenvalue weighted by Gasteiger charge is -2.44. The molecule has 5 heteroatoms. The first kappa shape index (κ1) is 13.6. The number of amides is 1. The molecule has 1 N–H and O–H groups in total. The number of carbonyl (C=O) groups excluding carboxylic acids is 1. The first-order valence-electron chi connectivity index (χ1n) is 7.31. The Morgan fingerprint density at radius 2 is 1.80 bits per heavy atom. The molecule has 20 heavy (non-hydrogen) atoms. The Hall–Kier alpha value is -1.36. The van der Waals surface area contributed by atoms with Crippen LogP contribution in [0.25, 0.3) is 0 Å². The summed E-state index contributed by atoms with van der Waals surface area (Å²) in [6.45, 7) is 0.820. The molecule has 108 valence electrons. The van der Waals surface area contributed by atoms with Gasteiger partial charge in [0, 0.05) is 12.6 Å². The number of piperidine rings is 1. The minimum atomic E-state index is -0.955. The van der Waals surface area contributed by atoms with Crippen LogP contribution in [0, 0.1) is 5.92 Å². The van der Waals surface area contributed by atoms with Crippen LogP contribution >= 0.6 is 11.3 Å². The second-order valence-electron chi connectivity index (χ2n) is 5.72. The quantitative estimate of drug-likeness (QED) is 0.910. The summed E-state index contributed by atoms with van der Waals surface area (Å²) < 4.78 is 0. The monoisotopic (exact) mass is 293 g/mol. The number of carboxylic acid groups (broad SMARTS) is 1. The van der Waals surface area contributed by atoms with E-state index < -0.39 is 5.97 Å². The van der Waals surface area contributed by atoms with Crippen LogP contribution in [0.15, 0.2) is 12.1 Å². The molecule has 3 rings (SSSR count). The van der Waals surface area contributed by atoms with E-state index in [2.05, 4.69) is 0 Å². The molecule has 1 aliphatic carbocycles. The van der Waals surface area contributed by atoms with Gasteiger partial charge in [-0.25, -0.2) is 4.79 Å². The zero-order valence-corrected chi connectivity index (χ0v) is 12.2. The highest BCUT2D eigenvalue weighted by Gasteiger charge is 2.36. The molecule has 2 fully saturated rings. The smallest absolute Gasteiger partial charge is 0.345 e. The number of hydrogen-bond donors (Lipinski definition) is 1. The summed E-state index contributed by atoms with van der Waals surface area (Å²) in [5.74, 6) is -0.275. The fourth-order valence-corrected chi connectivity index (χ4v) is 4.39. The van der Waals surface area contributed by atoms with Crippen LogP contribution in [0.4, 0.5) is 0 Å². The Balaban J connectivity index is 1.79. The number of likely N-dealkylation sites (tertiary alicyclic amines) is 1. The van der Waals surface area contributed by atoms with Gasteiger partial charge in [0.15, 0.2) is 0 Å². The lowest BCUT2D eigenvalue weighted by molar-refractivity contribution is 0.0395. The third-order valence-corrected chi connectivity index (χ3v) is 5.59. The van der Waals surface area contributed by atoms with Crippen LogP contribution in [0.3, 0.4) is 0 Å². The molecule has 0 unspecified atom stereocenters. The highest BCUT2D eigenvalue weighted by atomic mass is 32.1. The zero-order valence-electron chi connectivity index (χ0n) is 11.4. The van der Waals surface area contributed by atoms with Gasteiger partial charge in [-0.3, -0.25) is 4.79 Å². The van der Waals surface area contributed by atoms with Crippen molar-refractivity contribution in [1.29, 1.82) is 0 Å². The van der Waals surface area contributed by atoms with Crippen LogP contribution in [-0.2, 0) is 0 Å².